The van der Waals surface area contributed by atoms with Crippen molar-refractivity contribution in [2.45, 2.75) is 0 Å². The summed E-state index contributed by atoms with van der Waals surface area (Å²) >= 11 is 5.71. The smallest absolute Gasteiger partial charge is 0.263 e. The third-order valence-corrected chi connectivity index (χ3v) is 3.41. The van der Waals surface area contributed by atoms with Crippen LogP contribution in [0.15, 0.2) is 30.3 Å². The second kappa shape index (κ2) is 7.19. The molecule has 0 bridgehead atoms. The first-order valence-electron chi connectivity index (χ1n) is 6.56. The van der Waals surface area contributed by atoms with E-state index in [0.717, 1.165) is 0 Å². The highest BCUT2D eigenvalue weighted by molar-refractivity contribution is 6.31. The molecule has 0 aromatic heterocycles. The van der Waals surface area contributed by atoms with Gasteiger partial charge in [0, 0.05) is 17.8 Å². The standard InChI is InChI=1S/C16H15ClFNO4/c1-21-10-7-13(22-2)15(14(8-10)23-3)16(20)19-9-4-5-12(18)11(17)6-9/h4-8H,1-3H3,(H,19,20). The van der Waals surface area contributed by atoms with Crippen molar-refractivity contribution in [2.75, 3.05) is 26.6 Å². The molecule has 2 rings (SSSR count). The Hall–Kier alpha value is -2.47. The van der Waals surface area contributed by atoms with Crippen LogP contribution in [-0.4, -0.2) is 27.2 Å². The summed E-state index contributed by atoms with van der Waals surface area (Å²) < 4.78 is 28.8. The van der Waals surface area contributed by atoms with E-state index in [-0.39, 0.29) is 22.1 Å². The molecule has 2 aromatic carbocycles. The molecule has 0 unspecified atom stereocenters. The van der Waals surface area contributed by atoms with Crippen LogP contribution in [0.5, 0.6) is 17.2 Å². The molecule has 2 aromatic rings. The number of carbonyl (C=O) groups is 1. The van der Waals surface area contributed by atoms with Gasteiger partial charge in [-0.25, -0.2) is 4.39 Å². The van der Waals surface area contributed by atoms with E-state index in [1.54, 1.807) is 12.1 Å². The Kier molecular flexibility index (Phi) is 5.28. The fourth-order valence-corrected chi connectivity index (χ4v) is 2.18. The molecule has 23 heavy (non-hydrogen) atoms. The van der Waals surface area contributed by atoms with E-state index in [2.05, 4.69) is 5.32 Å². The quantitative estimate of drug-likeness (QED) is 0.901. The van der Waals surface area contributed by atoms with Crippen molar-refractivity contribution in [3.63, 3.8) is 0 Å². The number of halogens is 2. The maximum absolute atomic E-state index is 13.2. The molecule has 0 aliphatic heterocycles. The van der Waals surface area contributed by atoms with E-state index < -0.39 is 11.7 Å². The molecule has 0 radical (unpaired) electrons. The topological polar surface area (TPSA) is 56.8 Å². The van der Waals surface area contributed by atoms with Crippen molar-refractivity contribution in [3.8, 4) is 17.2 Å². The molecule has 0 aliphatic carbocycles. The molecule has 0 fully saturated rings. The second-order valence-corrected chi connectivity index (χ2v) is 4.90. The predicted octanol–water partition coefficient (Wildman–Crippen LogP) is 3.76. The van der Waals surface area contributed by atoms with Crippen molar-refractivity contribution in [1.82, 2.24) is 0 Å². The predicted molar refractivity (Wildman–Crippen MR) is 85.5 cm³/mol. The lowest BCUT2D eigenvalue weighted by Crippen LogP contribution is -2.15. The monoisotopic (exact) mass is 339 g/mol. The average molecular weight is 340 g/mol. The van der Waals surface area contributed by atoms with Crippen molar-refractivity contribution in [2.24, 2.45) is 0 Å². The van der Waals surface area contributed by atoms with Crippen LogP contribution < -0.4 is 19.5 Å². The summed E-state index contributed by atoms with van der Waals surface area (Å²) in [6.45, 7) is 0. The molecule has 0 heterocycles. The van der Waals surface area contributed by atoms with Crippen LogP contribution in [0.2, 0.25) is 5.02 Å². The Labute approximate surface area is 137 Å². The summed E-state index contributed by atoms with van der Waals surface area (Å²) in [6.07, 6.45) is 0. The van der Waals surface area contributed by atoms with Gasteiger partial charge in [0.15, 0.2) is 0 Å². The number of methoxy groups -OCH3 is 3. The van der Waals surface area contributed by atoms with Gasteiger partial charge in [0.2, 0.25) is 0 Å². The molecule has 0 saturated carbocycles. The number of hydrogen-bond donors (Lipinski definition) is 1. The first-order chi connectivity index (χ1) is 11.0. The zero-order valence-corrected chi connectivity index (χ0v) is 13.5. The second-order valence-electron chi connectivity index (χ2n) is 4.49. The van der Waals surface area contributed by atoms with Gasteiger partial charge in [0.1, 0.15) is 28.6 Å². The minimum Gasteiger partial charge on any atom is -0.496 e. The molecule has 7 heteroatoms. The van der Waals surface area contributed by atoms with Gasteiger partial charge in [-0.15, -0.1) is 0 Å². The number of amides is 1. The van der Waals surface area contributed by atoms with Crippen LogP contribution in [0.4, 0.5) is 10.1 Å². The third kappa shape index (κ3) is 3.65. The molecule has 0 aliphatic rings. The summed E-state index contributed by atoms with van der Waals surface area (Å²) in [5.41, 5.74) is 0.539. The Bertz CT molecular complexity index is 711. The number of rotatable bonds is 5. The summed E-state index contributed by atoms with van der Waals surface area (Å²) in [5, 5.41) is 2.54. The number of nitrogens with one attached hydrogen (secondary N) is 1. The van der Waals surface area contributed by atoms with Crippen LogP contribution in [0.3, 0.4) is 0 Å². The summed E-state index contributed by atoms with van der Waals surface area (Å²) in [7, 11) is 4.36. The Morgan fingerprint density at radius 3 is 2.13 bits per heavy atom. The molecule has 122 valence electrons. The summed E-state index contributed by atoms with van der Waals surface area (Å²) in [6, 6.07) is 7.02. The molecule has 0 saturated heterocycles. The number of hydrogen-bond acceptors (Lipinski definition) is 4. The van der Waals surface area contributed by atoms with Gasteiger partial charge in [-0.2, -0.15) is 0 Å². The lowest BCUT2D eigenvalue weighted by atomic mass is 10.1. The van der Waals surface area contributed by atoms with Crippen LogP contribution in [0.1, 0.15) is 10.4 Å². The number of anilines is 1. The van der Waals surface area contributed by atoms with E-state index in [4.69, 9.17) is 25.8 Å². The SMILES string of the molecule is COc1cc(OC)c(C(=O)Nc2ccc(F)c(Cl)c2)c(OC)c1. The molecule has 5 nitrogen and oxygen atoms in total. The molecular formula is C16H15ClFNO4. The van der Waals surface area contributed by atoms with Crippen LogP contribution in [0, 0.1) is 5.82 Å². The van der Waals surface area contributed by atoms with Gasteiger partial charge < -0.3 is 19.5 Å². The van der Waals surface area contributed by atoms with Crippen molar-refractivity contribution in [3.05, 3.63) is 46.7 Å². The van der Waals surface area contributed by atoms with Gasteiger partial charge in [-0.3, -0.25) is 4.79 Å². The summed E-state index contributed by atoms with van der Waals surface area (Å²) in [5.74, 6) is 0.00666. The molecule has 0 atom stereocenters. The van der Waals surface area contributed by atoms with Crippen LogP contribution in [0.25, 0.3) is 0 Å². The highest BCUT2D eigenvalue weighted by atomic mass is 35.5. The lowest BCUT2D eigenvalue weighted by molar-refractivity contribution is 0.102. The molecule has 1 amide bonds. The van der Waals surface area contributed by atoms with Crippen LogP contribution >= 0.6 is 11.6 Å². The van der Waals surface area contributed by atoms with Crippen molar-refractivity contribution in [1.29, 1.82) is 0 Å². The first-order valence-corrected chi connectivity index (χ1v) is 6.94. The summed E-state index contributed by atoms with van der Waals surface area (Å²) in [4.78, 5) is 12.5. The molecular weight excluding hydrogens is 325 g/mol. The van der Waals surface area contributed by atoms with Gasteiger partial charge >= 0.3 is 0 Å². The highest BCUT2D eigenvalue weighted by Gasteiger charge is 2.20. The van der Waals surface area contributed by atoms with Gasteiger partial charge in [0.25, 0.3) is 5.91 Å². The molecule has 1 N–H and O–H groups in total. The van der Waals surface area contributed by atoms with E-state index in [9.17, 15) is 9.18 Å². The fourth-order valence-electron chi connectivity index (χ4n) is 2.00. The van der Waals surface area contributed by atoms with Gasteiger partial charge in [-0.1, -0.05) is 11.6 Å². The number of carbonyl (C=O) groups excluding carboxylic acids is 1. The minimum atomic E-state index is -0.565. The lowest BCUT2D eigenvalue weighted by Gasteiger charge is -2.15. The zero-order valence-electron chi connectivity index (χ0n) is 12.8. The Morgan fingerprint density at radius 2 is 1.65 bits per heavy atom. The fraction of sp³-hybridized carbons (Fsp3) is 0.188. The Morgan fingerprint density at radius 1 is 1.04 bits per heavy atom. The zero-order chi connectivity index (χ0) is 17.0. The average Bonchev–Trinajstić information content (AvgIpc) is 2.56. The van der Waals surface area contributed by atoms with E-state index >= 15 is 0 Å². The van der Waals surface area contributed by atoms with E-state index in [1.165, 1.54) is 39.5 Å². The number of benzene rings is 2. The molecule has 0 spiro atoms. The van der Waals surface area contributed by atoms with Gasteiger partial charge in [-0.05, 0) is 18.2 Å². The largest absolute Gasteiger partial charge is 0.496 e. The number of ether oxygens (including phenoxy) is 3. The first kappa shape index (κ1) is 16.9. The van der Waals surface area contributed by atoms with Gasteiger partial charge in [0.05, 0.1) is 26.4 Å². The Balaban J connectivity index is 2.39. The van der Waals surface area contributed by atoms with Crippen molar-refractivity contribution >= 4 is 23.2 Å². The van der Waals surface area contributed by atoms with E-state index in [1.807, 2.05) is 0 Å². The maximum atomic E-state index is 13.2. The minimum absolute atomic E-state index is 0.0866. The third-order valence-electron chi connectivity index (χ3n) is 3.12. The highest BCUT2D eigenvalue weighted by Crippen LogP contribution is 2.34. The van der Waals surface area contributed by atoms with Crippen LogP contribution in [-0.2, 0) is 0 Å². The van der Waals surface area contributed by atoms with E-state index in [0.29, 0.717) is 11.4 Å². The van der Waals surface area contributed by atoms with Crippen molar-refractivity contribution < 1.29 is 23.4 Å². The normalized spacial score (nSPS) is 10.1. The maximum Gasteiger partial charge on any atom is 0.263 e.